The van der Waals surface area contributed by atoms with Crippen LogP contribution >= 0.6 is 0 Å². The zero-order valence-corrected chi connectivity index (χ0v) is 12.2. The van der Waals surface area contributed by atoms with Gasteiger partial charge in [-0.2, -0.15) is 0 Å². The number of carbonyl (C=O) groups is 1. The molecule has 0 aliphatic carbocycles. The van der Waals surface area contributed by atoms with E-state index in [9.17, 15) is 4.79 Å². The Morgan fingerprint density at radius 2 is 1.89 bits per heavy atom. The highest BCUT2D eigenvalue weighted by molar-refractivity contribution is 5.99. The maximum atomic E-state index is 12.3. The molecule has 0 aliphatic heterocycles. The van der Waals surface area contributed by atoms with Crippen LogP contribution in [0.15, 0.2) is 28.7 Å². The Hall–Kier alpha value is -1.77. The predicted octanol–water partition coefficient (Wildman–Crippen LogP) is 3.91. The number of furan rings is 1. The van der Waals surface area contributed by atoms with Gasteiger partial charge >= 0.3 is 0 Å². The van der Waals surface area contributed by atoms with Crippen molar-refractivity contribution < 1.29 is 9.21 Å². The smallest absolute Gasteiger partial charge is 0.287 e. The van der Waals surface area contributed by atoms with Gasteiger partial charge in [0, 0.05) is 17.0 Å². The van der Waals surface area contributed by atoms with Crippen LogP contribution in [0.3, 0.4) is 0 Å². The summed E-state index contributed by atoms with van der Waals surface area (Å²) < 4.78 is 5.66. The van der Waals surface area contributed by atoms with Crippen LogP contribution in [-0.2, 0) is 0 Å². The molecule has 0 saturated heterocycles. The second-order valence-electron chi connectivity index (χ2n) is 6.11. The van der Waals surface area contributed by atoms with E-state index in [0.717, 1.165) is 16.5 Å². The molecule has 3 heteroatoms. The second-order valence-corrected chi connectivity index (χ2v) is 6.11. The van der Waals surface area contributed by atoms with Crippen LogP contribution in [0.4, 0.5) is 0 Å². The lowest BCUT2D eigenvalue weighted by molar-refractivity contribution is 0.0883. The number of carbonyl (C=O) groups excluding carboxylic acids is 1. The molecule has 0 aliphatic rings. The second kappa shape index (κ2) is 4.72. The van der Waals surface area contributed by atoms with Crippen molar-refractivity contribution in [2.75, 3.05) is 0 Å². The lowest BCUT2D eigenvalue weighted by atomic mass is 9.88. The van der Waals surface area contributed by atoms with E-state index >= 15 is 0 Å². The summed E-state index contributed by atoms with van der Waals surface area (Å²) in [5.74, 6) is 0.272. The molecule has 0 bridgehead atoms. The van der Waals surface area contributed by atoms with Crippen molar-refractivity contribution >= 4 is 16.9 Å². The first kappa shape index (κ1) is 13.7. The number of hydrogen-bond donors (Lipinski definition) is 1. The Bertz CT molecular complexity index is 605. The monoisotopic (exact) mass is 259 g/mol. The normalized spacial score (nSPS) is 13.5. The maximum absolute atomic E-state index is 12.3. The molecule has 0 radical (unpaired) electrons. The first-order valence-electron chi connectivity index (χ1n) is 6.59. The van der Waals surface area contributed by atoms with Gasteiger partial charge in [-0.25, -0.2) is 0 Å². The number of amides is 1. The third-order valence-electron chi connectivity index (χ3n) is 3.70. The third kappa shape index (κ3) is 2.65. The molecule has 1 amide bonds. The highest BCUT2D eigenvalue weighted by atomic mass is 16.3. The number of benzene rings is 1. The van der Waals surface area contributed by atoms with E-state index < -0.39 is 0 Å². The SMILES string of the molecule is Cc1c(C(=O)NC(C)C(C)(C)C)oc2ccccc12. The van der Waals surface area contributed by atoms with Crippen LogP contribution in [0.1, 0.15) is 43.8 Å². The van der Waals surface area contributed by atoms with Crippen molar-refractivity contribution in [3.05, 3.63) is 35.6 Å². The molecule has 1 aromatic carbocycles. The molecule has 2 aromatic rings. The van der Waals surface area contributed by atoms with Gasteiger partial charge in [-0.1, -0.05) is 39.0 Å². The Morgan fingerprint density at radius 3 is 2.47 bits per heavy atom. The summed E-state index contributed by atoms with van der Waals surface area (Å²) in [6, 6.07) is 7.78. The fourth-order valence-electron chi connectivity index (χ4n) is 1.87. The quantitative estimate of drug-likeness (QED) is 0.888. The minimum Gasteiger partial charge on any atom is -0.451 e. The van der Waals surface area contributed by atoms with Crippen molar-refractivity contribution in [1.29, 1.82) is 0 Å². The molecule has 0 spiro atoms. The molecule has 1 N–H and O–H groups in total. The van der Waals surface area contributed by atoms with Crippen LogP contribution in [-0.4, -0.2) is 11.9 Å². The number of aryl methyl sites for hydroxylation is 1. The van der Waals surface area contributed by atoms with Crippen molar-refractivity contribution in [2.24, 2.45) is 5.41 Å². The molecule has 102 valence electrons. The van der Waals surface area contributed by atoms with Gasteiger partial charge in [0.2, 0.25) is 0 Å². The minimum atomic E-state index is -0.142. The van der Waals surface area contributed by atoms with E-state index in [1.165, 1.54) is 0 Å². The van der Waals surface area contributed by atoms with Gasteiger partial charge < -0.3 is 9.73 Å². The molecule has 19 heavy (non-hydrogen) atoms. The lowest BCUT2D eigenvalue weighted by Gasteiger charge is -2.27. The van der Waals surface area contributed by atoms with Crippen molar-refractivity contribution in [2.45, 2.75) is 40.7 Å². The van der Waals surface area contributed by atoms with Crippen molar-refractivity contribution in [3.63, 3.8) is 0 Å². The van der Waals surface area contributed by atoms with Gasteiger partial charge in [-0.15, -0.1) is 0 Å². The van der Waals surface area contributed by atoms with Crippen LogP contribution < -0.4 is 5.32 Å². The van der Waals surface area contributed by atoms with Crippen molar-refractivity contribution in [1.82, 2.24) is 5.32 Å². The largest absolute Gasteiger partial charge is 0.451 e. The van der Waals surface area contributed by atoms with E-state index in [1.54, 1.807) is 0 Å². The van der Waals surface area contributed by atoms with Gasteiger partial charge in [0.15, 0.2) is 5.76 Å². The topological polar surface area (TPSA) is 42.2 Å². The fourth-order valence-corrected chi connectivity index (χ4v) is 1.87. The van der Waals surface area contributed by atoms with E-state index in [1.807, 2.05) is 38.1 Å². The molecular formula is C16H21NO2. The fraction of sp³-hybridized carbons (Fsp3) is 0.438. The Labute approximate surface area is 114 Å². The zero-order valence-electron chi connectivity index (χ0n) is 12.2. The van der Waals surface area contributed by atoms with Crippen LogP contribution in [0.25, 0.3) is 11.0 Å². The van der Waals surface area contributed by atoms with Crippen molar-refractivity contribution in [3.8, 4) is 0 Å². The maximum Gasteiger partial charge on any atom is 0.287 e. The summed E-state index contributed by atoms with van der Waals surface area (Å²) in [7, 11) is 0. The molecule has 1 atom stereocenters. The molecular weight excluding hydrogens is 238 g/mol. The lowest BCUT2D eigenvalue weighted by Crippen LogP contribution is -2.41. The van der Waals surface area contributed by atoms with Crippen LogP contribution in [0, 0.1) is 12.3 Å². The molecule has 1 unspecified atom stereocenters. The van der Waals surface area contributed by atoms with Crippen LogP contribution in [0.5, 0.6) is 0 Å². The summed E-state index contributed by atoms with van der Waals surface area (Å²) in [5.41, 5.74) is 1.68. The highest BCUT2D eigenvalue weighted by Crippen LogP contribution is 2.25. The Kier molecular flexibility index (Phi) is 3.40. The summed E-state index contributed by atoms with van der Waals surface area (Å²) in [6.07, 6.45) is 0. The van der Waals surface area contributed by atoms with E-state index in [0.29, 0.717) is 5.76 Å². The summed E-state index contributed by atoms with van der Waals surface area (Å²) >= 11 is 0. The Morgan fingerprint density at radius 1 is 1.26 bits per heavy atom. The first-order chi connectivity index (χ1) is 8.80. The van der Waals surface area contributed by atoms with Gasteiger partial charge in [0.25, 0.3) is 5.91 Å². The average Bonchev–Trinajstić information content (AvgIpc) is 2.66. The van der Waals surface area contributed by atoms with Gasteiger partial charge in [0.1, 0.15) is 5.58 Å². The summed E-state index contributed by atoms with van der Waals surface area (Å²) in [5, 5.41) is 4.00. The summed E-state index contributed by atoms with van der Waals surface area (Å²) in [4.78, 5) is 12.3. The number of para-hydroxylation sites is 1. The van der Waals surface area contributed by atoms with Gasteiger partial charge in [0.05, 0.1) is 0 Å². The van der Waals surface area contributed by atoms with Crippen LogP contribution in [0.2, 0.25) is 0 Å². The molecule has 0 saturated carbocycles. The van der Waals surface area contributed by atoms with Gasteiger partial charge in [-0.3, -0.25) is 4.79 Å². The molecule has 2 rings (SSSR count). The molecule has 3 nitrogen and oxygen atoms in total. The van der Waals surface area contributed by atoms with Gasteiger partial charge in [-0.05, 0) is 25.3 Å². The molecule has 1 aromatic heterocycles. The number of nitrogens with one attached hydrogen (secondary N) is 1. The summed E-state index contributed by atoms with van der Waals surface area (Å²) in [6.45, 7) is 10.2. The standard InChI is InChI=1S/C16H21NO2/c1-10-12-8-6-7-9-13(12)19-14(10)15(18)17-11(2)16(3,4)5/h6-9,11H,1-5H3,(H,17,18). The third-order valence-corrected chi connectivity index (χ3v) is 3.70. The Balaban J connectivity index is 2.30. The average molecular weight is 259 g/mol. The first-order valence-corrected chi connectivity index (χ1v) is 6.59. The van der Waals surface area contributed by atoms with E-state index in [-0.39, 0.29) is 17.4 Å². The number of hydrogen-bond acceptors (Lipinski definition) is 2. The minimum absolute atomic E-state index is 0.0234. The predicted molar refractivity (Wildman–Crippen MR) is 77.3 cm³/mol. The highest BCUT2D eigenvalue weighted by Gasteiger charge is 2.25. The molecule has 0 fully saturated rings. The number of rotatable bonds is 2. The van der Waals surface area contributed by atoms with E-state index in [4.69, 9.17) is 4.42 Å². The number of fused-ring (bicyclic) bond motifs is 1. The zero-order chi connectivity index (χ0) is 14.2. The van der Waals surface area contributed by atoms with E-state index in [2.05, 4.69) is 26.1 Å². The molecule has 1 heterocycles.